The highest BCUT2D eigenvalue weighted by Gasteiger charge is 2.09. The van der Waals surface area contributed by atoms with Crippen molar-refractivity contribution in [1.29, 1.82) is 0 Å². The average molecular weight is 238 g/mol. The normalized spacial score (nSPS) is 11.8. The Hall–Kier alpha value is -1.88. The zero-order valence-electron chi connectivity index (χ0n) is 9.89. The number of ether oxygens (including phenoxy) is 2. The third-order valence-corrected chi connectivity index (χ3v) is 1.91. The van der Waals surface area contributed by atoms with E-state index in [0.29, 0.717) is 5.56 Å². The van der Waals surface area contributed by atoms with E-state index in [1.165, 1.54) is 32.0 Å². The third-order valence-electron chi connectivity index (χ3n) is 1.91. The second-order valence-corrected chi connectivity index (χ2v) is 3.60. The predicted molar refractivity (Wildman–Crippen MR) is 59.7 cm³/mol. The molecule has 5 nitrogen and oxygen atoms in total. The Bertz CT molecular complexity index is 402. The minimum Gasteiger partial charge on any atom is -0.427 e. The van der Waals surface area contributed by atoms with Gasteiger partial charge in [0.1, 0.15) is 11.5 Å². The van der Waals surface area contributed by atoms with Gasteiger partial charge in [-0.25, -0.2) is 0 Å². The van der Waals surface area contributed by atoms with Crippen LogP contribution in [-0.2, 0) is 9.59 Å². The number of hydrogen-bond donors (Lipinski definition) is 1. The van der Waals surface area contributed by atoms with E-state index in [1.54, 1.807) is 6.92 Å². The SMILES string of the molecule is CC(=O)Oc1cc(OC(C)=O)cc(C(C)O)c1. The summed E-state index contributed by atoms with van der Waals surface area (Å²) in [7, 11) is 0. The molecule has 0 fully saturated rings. The van der Waals surface area contributed by atoms with Crippen LogP contribution in [0.1, 0.15) is 32.4 Å². The summed E-state index contributed by atoms with van der Waals surface area (Å²) < 4.78 is 9.77. The van der Waals surface area contributed by atoms with Crippen molar-refractivity contribution in [2.45, 2.75) is 26.9 Å². The molecule has 0 heterocycles. The highest BCUT2D eigenvalue weighted by molar-refractivity contribution is 5.71. The first kappa shape index (κ1) is 13.2. The maximum atomic E-state index is 10.8. The number of hydrogen-bond acceptors (Lipinski definition) is 5. The topological polar surface area (TPSA) is 72.8 Å². The fourth-order valence-corrected chi connectivity index (χ4v) is 1.28. The van der Waals surface area contributed by atoms with Crippen LogP contribution in [0, 0.1) is 0 Å². The Kier molecular flexibility index (Phi) is 4.23. The number of benzene rings is 1. The Labute approximate surface area is 99.0 Å². The molecule has 1 atom stereocenters. The van der Waals surface area contributed by atoms with Crippen molar-refractivity contribution in [3.63, 3.8) is 0 Å². The first-order valence-electron chi connectivity index (χ1n) is 5.08. The Morgan fingerprint density at radius 3 is 1.76 bits per heavy atom. The number of carbonyl (C=O) groups excluding carboxylic acids is 2. The van der Waals surface area contributed by atoms with Gasteiger partial charge in [-0.05, 0) is 24.6 Å². The summed E-state index contributed by atoms with van der Waals surface area (Å²) in [6, 6.07) is 4.44. The van der Waals surface area contributed by atoms with Crippen LogP contribution in [0.15, 0.2) is 18.2 Å². The standard InChI is InChI=1S/C12H14O5/c1-7(13)10-4-11(16-8(2)14)6-12(5-10)17-9(3)15/h4-7,13H,1-3H3. The molecule has 0 spiro atoms. The number of esters is 2. The molecule has 1 rings (SSSR count). The summed E-state index contributed by atoms with van der Waals surface area (Å²) >= 11 is 0. The van der Waals surface area contributed by atoms with E-state index in [0.717, 1.165) is 0 Å². The Morgan fingerprint density at radius 1 is 1.06 bits per heavy atom. The van der Waals surface area contributed by atoms with Gasteiger partial charge in [0.15, 0.2) is 0 Å². The van der Waals surface area contributed by atoms with Gasteiger partial charge >= 0.3 is 11.9 Å². The quantitative estimate of drug-likeness (QED) is 0.639. The van der Waals surface area contributed by atoms with Crippen molar-refractivity contribution in [2.24, 2.45) is 0 Å². The lowest BCUT2D eigenvalue weighted by molar-refractivity contribution is -0.132. The zero-order valence-corrected chi connectivity index (χ0v) is 9.89. The maximum Gasteiger partial charge on any atom is 0.308 e. The van der Waals surface area contributed by atoms with Crippen LogP contribution in [0.5, 0.6) is 11.5 Å². The molecule has 17 heavy (non-hydrogen) atoms. The molecule has 0 aliphatic rings. The van der Waals surface area contributed by atoms with Gasteiger partial charge in [-0.1, -0.05) is 0 Å². The van der Waals surface area contributed by atoms with Crippen molar-refractivity contribution in [3.8, 4) is 11.5 Å². The zero-order chi connectivity index (χ0) is 13.0. The van der Waals surface area contributed by atoms with E-state index in [9.17, 15) is 14.7 Å². The summed E-state index contributed by atoms with van der Waals surface area (Å²) in [5.74, 6) is -0.512. The number of aliphatic hydroxyl groups is 1. The van der Waals surface area contributed by atoms with Crippen LogP contribution in [0.25, 0.3) is 0 Å². The van der Waals surface area contributed by atoms with Crippen LogP contribution in [0.3, 0.4) is 0 Å². The molecule has 0 amide bonds. The molecule has 0 saturated heterocycles. The second-order valence-electron chi connectivity index (χ2n) is 3.60. The van der Waals surface area contributed by atoms with E-state index in [4.69, 9.17) is 9.47 Å². The molecule has 1 aromatic carbocycles. The second kappa shape index (κ2) is 5.45. The lowest BCUT2D eigenvalue weighted by Crippen LogP contribution is -2.05. The predicted octanol–water partition coefficient (Wildman–Crippen LogP) is 1.59. The van der Waals surface area contributed by atoms with Gasteiger partial charge in [0, 0.05) is 19.9 Å². The molecule has 1 N–H and O–H groups in total. The highest BCUT2D eigenvalue weighted by Crippen LogP contribution is 2.26. The van der Waals surface area contributed by atoms with Crippen molar-refractivity contribution in [1.82, 2.24) is 0 Å². The van der Waals surface area contributed by atoms with Crippen molar-refractivity contribution in [2.75, 3.05) is 0 Å². The van der Waals surface area contributed by atoms with Crippen LogP contribution < -0.4 is 9.47 Å². The largest absolute Gasteiger partial charge is 0.427 e. The van der Waals surface area contributed by atoms with Gasteiger partial charge in [0.2, 0.25) is 0 Å². The van der Waals surface area contributed by atoms with Crippen molar-refractivity contribution < 1.29 is 24.2 Å². The smallest absolute Gasteiger partial charge is 0.308 e. The van der Waals surface area contributed by atoms with Crippen LogP contribution in [0.4, 0.5) is 0 Å². The minimum atomic E-state index is -0.750. The number of rotatable bonds is 3. The first-order valence-corrected chi connectivity index (χ1v) is 5.08. The van der Waals surface area contributed by atoms with E-state index in [1.807, 2.05) is 0 Å². The number of aliphatic hydroxyl groups excluding tert-OH is 1. The summed E-state index contributed by atoms with van der Waals surface area (Å²) in [4.78, 5) is 21.7. The molecule has 0 aromatic heterocycles. The van der Waals surface area contributed by atoms with Crippen LogP contribution in [0.2, 0.25) is 0 Å². The highest BCUT2D eigenvalue weighted by atomic mass is 16.5. The minimum absolute atomic E-state index is 0.229. The fourth-order valence-electron chi connectivity index (χ4n) is 1.28. The molecular weight excluding hydrogens is 224 g/mol. The number of carbonyl (C=O) groups is 2. The fraction of sp³-hybridized carbons (Fsp3) is 0.333. The van der Waals surface area contributed by atoms with Crippen LogP contribution in [-0.4, -0.2) is 17.0 Å². The Balaban J connectivity index is 3.08. The van der Waals surface area contributed by atoms with E-state index >= 15 is 0 Å². The van der Waals surface area contributed by atoms with Gasteiger partial charge < -0.3 is 14.6 Å². The molecule has 0 saturated carbocycles. The lowest BCUT2D eigenvalue weighted by Gasteiger charge is -2.10. The first-order chi connectivity index (χ1) is 7.88. The van der Waals surface area contributed by atoms with Gasteiger partial charge in [-0.3, -0.25) is 9.59 Å². The van der Waals surface area contributed by atoms with Gasteiger partial charge in [-0.15, -0.1) is 0 Å². The molecule has 1 aromatic rings. The van der Waals surface area contributed by atoms with E-state index < -0.39 is 18.0 Å². The summed E-state index contributed by atoms with van der Waals surface area (Å²) in [6.07, 6.45) is -0.750. The molecule has 1 unspecified atom stereocenters. The molecule has 0 radical (unpaired) electrons. The molecule has 0 bridgehead atoms. The van der Waals surface area contributed by atoms with E-state index in [-0.39, 0.29) is 11.5 Å². The molecular formula is C12H14O5. The lowest BCUT2D eigenvalue weighted by atomic mass is 10.1. The molecule has 92 valence electrons. The molecule has 5 heteroatoms. The van der Waals surface area contributed by atoms with Crippen molar-refractivity contribution in [3.05, 3.63) is 23.8 Å². The summed E-state index contributed by atoms with van der Waals surface area (Å²) in [6.45, 7) is 4.09. The summed E-state index contributed by atoms with van der Waals surface area (Å²) in [5, 5.41) is 9.46. The molecule has 0 aliphatic heterocycles. The summed E-state index contributed by atoms with van der Waals surface area (Å²) in [5.41, 5.74) is 0.500. The van der Waals surface area contributed by atoms with Gasteiger partial charge in [0.25, 0.3) is 0 Å². The van der Waals surface area contributed by atoms with Gasteiger partial charge in [0.05, 0.1) is 6.10 Å². The third kappa shape index (κ3) is 4.24. The molecule has 0 aliphatic carbocycles. The van der Waals surface area contributed by atoms with Crippen molar-refractivity contribution >= 4 is 11.9 Å². The Morgan fingerprint density at radius 2 is 1.47 bits per heavy atom. The average Bonchev–Trinajstić information content (AvgIpc) is 2.14. The maximum absolute atomic E-state index is 10.8. The van der Waals surface area contributed by atoms with Crippen LogP contribution >= 0.6 is 0 Å². The monoisotopic (exact) mass is 238 g/mol. The van der Waals surface area contributed by atoms with Gasteiger partial charge in [-0.2, -0.15) is 0 Å². The van der Waals surface area contributed by atoms with E-state index in [2.05, 4.69) is 0 Å².